The fourth-order valence-corrected chi connectivity index (χ4v) is 1.56. The molecule has 2 nitrogen and oxygen atoms in total. The van der Waals surface area contributed by atoms with Gasteiger partial charge >= 0.3 is 0 Å². The van der Waals surface area contributed by atoms with E-state index in [0.717, 1.165) is 0 Å². The number of carbonyl (C=O) groups excluding carboxylic acids is 1. The van der Waals surface area contributed by atoms with E-state index in [9.17, 15) is 9.18 Å². The van der Waals surface area contributed by atoms with Gasteiger partial charge in [0.05, 0.1) is 10.5 Å². The zero-order valence-corrected chi connectivity index (χ0v) is 12.1. The van der Waals surface area contributed by atoms with Crippen LogP contribution in [0.3, 0.4) is 0 Å². The minimum Gasteiger partial charge on any atom is -0.324 e. The van der Waals surface area contributed by atoms with Crippen LogP contribution in [-0.2, 0) is 4.79 Å². The second-order valence-electron chi connectivity index (χ2n) is 3.76. The van der Waals surface area contributed by atoms with Crippen molar-refractivity contribution in [3.05, 3.63) is 28.5 Å². The van der Waals surface area contributed by atoms with Crippen molar-refractivity contribution in [2.75, 3.05) is 5.32 Å². The molecule has 0 aromatic heterocycles. The van der Waals surface area contributed by atoms with Gasteiger partial charge in [0.2, 0.25) is 5.91 Å². The van der Waals surface area contributed by atoms with Gasteiger partial charge in [0.25, 0.3) is 0 Å². The van der Waals surface area contributed by atoms with Gasteiger partial charge in [-0.1, -0.05) is 29.8 Å². The quantitative estimate of drug-likeness (QED) is 0.820. The Morgan fingerprint density at radius 1 is 1.44 bits per heavy atom. The number of hydrogen-bond acceptors (Lipinski definition) is 1. The van der Waals surface area contributed by atoms with Crippen molar-refractivity contribution in [2.45, 2.75) is 18.7 Å². The first kappa shape index (κ1) is 13.6. The Labute approximate surface area is 111 Å². The summed E-state index contributed by atoms with van der Waals surface area (Å²) in [7, 11) is 0. The zero-order valence-electron chi connectivity index (χ0n) is 8.93. The highest BCUT2D eigenvalue weighted by atomic mass is 79.9. The molecule has 0 fully saturated rings. The molecular weight excluding hydrogens is 341 g/mol. The third-order valence-electron chi connectivity index (χ3n) is 2.02. The molecule has 1 N–H and O–H groups in total. The number of halogens is 3. The lowest BCUT2D eigenvalue weighted by atomic mass is 10.1. The average Bonchev–Trinajstić information content (AvgIpc) is 2.22. The molecule has 0 bridgehead atoms. The summed E-state index contributed by atoms with van der Waals surface area (Å²) in [5.74, 6) is -0.386. The van der Waals surface area contributed by atoms with Crippen molar-refractivity contribution < 1.29 is 9.18 Å². The normalized spacial score (nSPS) is 12.6. The molecule has 0 spiro atoms. The molecular formula is C11H12Br2FNO. The second kappa shape index (κ2) is 5.77. The smallest absolute Gasteiger partial charge is 0.238 e. The largest absolute Gasteiger partial charge is 0.324 e. The first-order chi connectivity index (χ1) is 7.41. The molecule has 1 amide bonds. The van der Waals surface area contributed by atoms with Crippen LogP contribution in [0.5, 0.6) is 0 Å². The lowest BCUT2D eigenvalue weighted by molar-refractivity contribution is -0.116. The van der Waals surface area contributed by atoms with Crippen molar-refractivity contribution in [1.82, 2.24) is 0 Å². The van der Waals surface area contributed by atoms with Crippen LogP contribution >= 0.6 is 31.9 Å². The summed E-state index contributed by atoms with van der Waals surface area (Å²) in [6, 6.07) is 4.17. The van der Waals surface area contributed by atoms with Crippen LogP contribution < -0.4 is 5.32 Å². The van der Waals surface area contributed by atoms with Gasteiger partial charge < -0.3 is 5.32 Å². The van der Waals surface area contributed by atoms with E-state index in [1.165, 1.54) is 12.1 Å². The molecule has 0 radical (unpaired) electrons. The van der Waals surface area contributed by atoms with E-state index >= 15 is 0 Å². The molecule has 1 atom stereocenters. The van der Waals surface area contributed by atoms with Gasteiger partial charge in [-0.15, -0.1) is 0 Å². The van der Waals surface area contributed by atoms with Crippen LogP contribution in [0.4, 0.5) is 10.1 Å². The number of rotatable bonds is 3. The summed E-state index contributed by atoms with van der Waals surface area (Å²) >= 11 is 6.54. The van der Waals surface area contributed by atoms with E-state index in [0.29, 0.717) is 10.2 Å². The number of hydrogen-bond donors (Lipinski definition) is 1. The Kier molecular flexibility index (Phi) is 4.92. The van der Waals surface area contributed by atoms with Gasteiger partial charge in [-0.2, -0.15) is 0 Å². The average molecular weight is 353 g/mol. The van der Waals surface area contributed by atoms with Crippen LogP contribution in [0.1, 0.15) is 13.8 Å². The van der Waals surface area contributed by atoms with Crippen LogP contribution in [0.15, 0.2) is 22.7 Å². The van der Waals surface area contributed by atoms with Gasteiger partial charge in [0.1, 0.15) is 5.82 Å². The molecule has 0 aliphatic rings. The van der Waals surface area contributed by atoms with E-state index < -0.39 is 0 Å². The maximum Gasteiger partial charge on any atom is 0.238 e. The molecule has 1 aromatic carbocycles. The molecule has 1 aromatic rings. The molecule has 16 heavy (non-hydrogen) atoms. The molecule has 0 saturated heterocycles. The summed E-state index contributed by atoms with van der Waals surface area (Å²) in [5, 5.41) is 2.66. The second-order valence-corrected chi connectivity index (χ2v) is 5.60. The predicted octanol–water partition coefficient (Wildman–Crippen LogP) is 3.95. The summed E-state index contributed by atoms with van der Waals surface area (Å²) in [6.45, 7) is 3.86. The first-order valence-corrected chi connectivity index (χ1v) is 6.52. The SMILES string of the molecule is CC(C)C(Br)C(=O)Nc1cc(F)ccc1Br. The van der Waals surface area contributed by atoms with Crippen molar-refractivity contribution in [2.24, 2.45) is 5.92 Å². The minimum atomic E-state index is -0.380. The maximum atomic E-state index is 13.0. The molecule has 0 heterocycles. The zero-order chi connectivity index (χ0) is 12.3. The van der Waals surface area contributed by atoms with Crippen molar-refractivity contribution >= 4 is 43.5 Å². The first-order valence-electron chi connectivity index (χ1n) is 4.82. The van der Waals surface area contributed by atoms with Crippen LogP contribution in [0.25, 0.3) is 0 Å². The van der Waals surface area contributed by atoms with E-state index in [-0.39, 0.29) is 22.5 Å². The molecule has 88 valence electrons. The van der Waals surface area contributed by atoms with E-state index in [1.54, 1.807) is 6.07 Å². The minimum absolute atomic E-state index is 0.173. The molecule has 0 aliphatic heterocycles. The van der Waals surface area contributed by atoms with Crippen molar-refractivity contribution in [3.8, 4) is 0 Å². The standard InChI is InChI=1S/C11H12Br2FNO/c1-6(2)10(13)11(16)15-9-5-7(14)3-4-8(9)12/h3-6,10H,1-2H3,(H,15,16). The Morgan fingerprint density at radius 2 is 2.06 bits per heavy atom. The van der Waals surface area contributed by atoms with Gasteiger partial charge in [0, 0.05) is 4.47 Å². The van der Waals surface area contributed by atoms with Crippen LogP contribution in [0.2, 0.25) is 0 Å². The number of anilines is 1. The fraction of sp³-hybridized carbons (Fsp3) is 0.364. The van der Waals surface area contributed by atoms with Gasteiger partial charge in [-0.05, 0) is 40.0 Å². The van der Waals surface area contributed by atoms with E-state index in [2.05, 4.69) is 37.2 Å². The Morgan fingerprint density at radius 3 is 2.62 bits per heavy atom. The summed E-state index contributed by atoms with van der Waals surface area (Å²) < 4.78 is 13.6. The number of carbonyl (C=O) groups is 1. The highest BCUT2D eigenvalue weighted by Gasteiger charge is 2.19. The van der Waals surface area contributed by atoms with E-state index in [1.807, 2.05) is 13.8 Å². The van der Waals surface area contributed by atoms with Gasteiger partial charge in [-0.3, -0.25) is 4.79 Å². The molecule has 0 aliphatic carbocycles. The predicted molar refractivity (Wildman–Crippen MR) is 70.3 cm³/mol. The van der Waals surface area contributed by atoms with Crippen molar-refractivity contribution in [1.29, 1.82) is 0 Å². The third-order valence-corrected chi connectivity index (χ3v) is 4.19. The molecule has 1 unspecified atom stereocenters. The number of nitrogens with one attached hydrogen (secondary N) is 1. The van der Waals surface area contributed by atoms with Gasteiger partial charge in [-0.25, -0.2) is 4.39 Å². The lowest BCUT2D eigenvalue weighted by Crippen LogP contribution is -2.27. The van der Waals surface area contributed by atoms with E-state index in [4.69, 9.17) is 0 Å². The number of alkyl halides is 1. The summed E-state index contributed by atoms with van der Waals surface area (Å²) in [6.07, 6.45) is 0. The highest BCUT2D eigenvalue weighted by molar-refractivity contribution is 9.10. The van der Waals surface area contributed by atoms with Gasteiger partial charge in [0.15, 0.2) is 0 Å². The monoisotopic (exact) mass is 351 g/mol. The third kappa shape index (κ3) is 3.56. The maximum absolute atomic E-state index is 13.0. The number of benzene rings is 1. The topological polar surface area (TPSA) is 29.1 Å². The van der Waals surface area contributed by atoms with Crippen molar-refractivity contribution in [3.63, 3.8) is 0 Å². The van der Waals surface area contributed by atoms with Crippen LogP contribution in [0, 0.1) is 11.7 Å². The summed E-state index contributed by atoms with van der Waals surface area (Å²) in [4.78, 5) is 11.4. The number of amides is 1. The lowest BCUT2D eigenvalue weighted by Gasteiger charge is -2.14. The Balaban J connectivity index is 2.80. The molecule has 0 saturated carbocycles. The highest BCUT2D eigenvalue weighted by Crippen LogP contribution is 2.24. The Hall–Kier alpha value is -0.420. The fourth-order valence-electron chi connectivity index (χ4n) is 1.10. The molecule has 5 heteroatoms. The Bertz CT molecular complexity index is 396. The van der Waals surface area contributed by atoms with Crippen LogP contribution in [-0.4, -0.2) is 10.7 Å². The summed E-state index contributed by atoms with van der Waals surface area (Å²) in [5.41, 5.74) is 0.440. The molecule has 1 rings (SSSR count).